The molecule has 0 saturated carbocycles. The maximum absolute atomic E-state index is 5.64. The van der Waals surface area contributed by atoms with Crippen LogP contribution in [0.15, 0.2) is 17.0 Å². The van der Waals surface area contributed by atoms with Gasteiger partial charge in [-0.2, -0.15) is 0 Å². The molecule has 1 rings (SSSR count). The molecule has 0 radical (unpaired) electrons. The van der Waals surface area contributed by atoms with Crippen LogP contribution < -0.4 is 5.73 Å². The largest absolute Gasteiger partial charge is 0.398 e. The van der Waals surface area contributed by atoms with Gasteiger partial charge in [-0.1, -0.05) is 6.07 Å². The lowest BCUT2D eigenvalue weighted by atomic mass is 10.1. The zero-order valence-corrected chi connectivity index (χ0v) is 7.07. The normalized spacial score (nSPS) is 9.90. The number of hydrogen-bond acceptors (Lipinski definition) is 2. The van der Waals surface area contributed by atoms with Crippen molar-refractivity contribution in [3.63, 3.8) is 0 Å². The van der Waals surface area contributed by atoms with Crippen LogP contribution in [0, 0.1) is 13.8 Å². The zero-order chi connectivity index (χ0) is 7.72. The monoisotopic (exact) mass is 153 g/mol. The van der Waals surface area contributed by atoms with E-state index in [0.717, 1.165) is 16.1 Å². The maximum atomic E-state index is 5.64. The first-order valence-electron chi connectivity index (χ1n) is 3.17. The molecular formula is C8H11NS. The van der Waals surface area contributed by atoms with Gasteiger partial charge in [0.1, 0.15) is 0 Å². The van der Waals surface area contributed by atoms with E-state index in [0.29, 0.717) is 0 Å². The lowest BCUT2D eigenvalue weighted by molar-refractivity contribution is 1.27. The van der Waals surface area contributed by atoms with Gasteiger partial charge in [0.2, 0.25) is 0 Å². The molecule has 1 aromatic carbocycles. The lowest BCUT2D eigenvalue weighted by Gasteiger charge is -2.03. The van der Waals surface area contributed by atoms with E-state index < -0.39 is 0 Å². The highest BCUT2D eigenvalue weighted by Crippen LogP contribution is 2.19. The molecule has 0 heterocycles. The van der Waals surface area contributed by atoms with Gasteiger partial charge < -0.3 is 5.73 Å². The minimum absolute atomic E-state index is 0.815. The third kappa shape index (κ3) is 1.27. The fourth-order valence-electron chi connectivity index (χ4n) is 0.857. The second-order valence-corrected chi connectivity index (χ2v) is 2.98. The Balaban J connectivity index is 3.28. The van der Waals surface area contributed by atoms with Crippen molar-refractivity contribution in [2.24, 2.45) is 0 Å². The van der Waals surface area contributed by atoms with Crippen molar-refractivity contribution in [3.05, 3.63) is 23.3 Å². The Morgan fingerprint density at radius 2 is 1.80 bits per heavy atom. The summed E-state index contributed by atoms with van der Waals surface area (Å²) >= 11 is 4.23. The van der Waals surface area contributed by atoms with E-state index in [-0.39, 0.29) is 0 Å². The van der Waals surface area contributed by atoms with Crippen LogP contribution in [-0.4, -0.2) is 0 Å². The average molecular weight is 153 g/mol. The first-order chi connectivity index (χ1) is 4.61. The van der Waals surface area contributed by atoms with Gasteiger partial charge in [-0.15, -0.1) is 12.6 Å². The summed E-state index contributed by atoms with van der Waals surface area (Å²) in [5, 5.41) is 0. The fourth-order valence-corrected chi connectivity index (χ4v) is 1.06. The van der Waals surface area contributed by atoms with Crippen molar-refractivity contribution in [2.75, 3.05) is 5.73 Å². The molecule has 0 saturated heterocycles. The van der Waals surface area contributed by atoms with Crippen molar-refractivity contribution in [1.29, 1.82) is 0 Å². The standard InChI is InChI=1S/C8H11NS/c1-5-3-6(2)8(10)4-7(5)9/h3-4,10H,9H2,1-2H3. The molecule has 0 spiro atoms. The average Bonchev–Trinajstić information content (AvgIpc) is 1.84. The van der Waals surface area contributed by atoms with E-state index in [1.165, 1.54) is 5.56 Å². The molecule has 2 N–H and O–H groups in total. The van der Waals surface area contributed by atoms with Gasteiger partial charge >= 0.3 is 0 Å². The fraction of sp³-hybridized carbons (Fsp3) is 0.250. The van der Waals surface area contributed by atoms with Crippen LogP contribution in [-0.2, 0) is 0 Å². The molecule has 0 atom stereocenters. The van der Waals surface area contributed by atoms with Crippen LogP contribution in [0.4, 0.5) is 5.69 Å². The van der Waals surface area contributed by atoms with E-state index in [1.807, 2.05) is 26.0 Å². The predicted octanol–water partition coefficient (Wildman–Crippen LogP) is 2.17. The van der Waals surface area contributed by atoms with Gasteiger partial charge in [0.05, 0.1) is 0 Å². The van der Waals surface area contributed by atoms with E-state index in [9.17, 15) is 0 Å². The number of hydrogen-bond donors (Lipinski definition) is 2. The number of aryl methyl sites for hydroxylation is 2. The zero-order valence-electron chi connectivity index (χ0n) is 6.18. The molecule has 0 aliphatic heterocycles. The Labute approximate surface area is 66.7 Å². The van der Waals surface area contributed by atoms with E-state index in [2.05, 4.69) is 12.6 Å². The summed E-state index contributed by atoms with van der Waals surface area (Å²) < 4.78 is 0. The first kappa shape index (κ1) is 7.48. The Kier molecular flexibility index (Phi) is 1.90. The van der Waals surface area contributed by atoms with Gasteiger partial charge in [-0.25, -0.2) is 0 Å². The Hall–Kier alpha value is -0.630. The van der Waals surface area contributed by atoms with Crippen molar-refractivity contribution >= 4 is 18.3 Å². The summed E-state index contributed by atoms with van der Waals surface area (Å²) in [7, 11) is 0. The smallest absolute Gasteiger partial charge is 0.0355 e. The second kappa shape index (κ2) is 2.54. The van der Waals surface area contributed by atoms with E-state index >= 15 is 0 Å². The molecule has 2 heteroatoms. The number of benzene rings is 1. The summed E-state index contributed by atoms with van der Waals surface area (Å²) in [4.78, 5) is 0.961. The van der Waals surface area contributed by atoms with Crippen LogP contribution in [0.2, 0.25) is 0 Å². The van der Waals surface area contributed by atoms with Crippen LogP contribution in [0.5, 0.6) is 0 Å². The van der Waals surface area contributed by atoms with Gasteiger partial charge in [-0.05, 0) is 31.0 Å². The molecule has 0 amide bonds. The summed E-state index contributed by atoms with van der Waals surface area (Å²) in [5.41, 5.74) is 8.75. The first-order valence-corrected chi connectivity index (χ1v) is 3.61. The van der Waals surface area contributed by atoms with Crippen molar-refractivity contribution in [1.82, 2.24) is 0 Å². The van der Waals surface area contributed by atoms with Gasteiger partial charge in [0, 0.05) is 10.6 Å². The molecule has 10 heavy (non-hydrogen) atoms. The van der Waals surface area contributed by atoms with E-state index in [1.54, 1.807) is 0 Å². The molecule has 1 nitrogen and oxygen atoms in total. The van der Waals surface area contributed by atoms with Gasteiger partial charge in [-0.3, -0.25) is 0 Å². The molecule has 0 aromatic heterocycles. The van der Waals surface area contributed by atoms with Crippen LogP contribution >= 0.6 is 12.6 Å². The van der Waals surface area contributed by atoms with Crippen LogP contribution in [0.1, 0.15) is 11.1 Å². The third-order valence-electron chi connectivity index (χ3n) is 1.58. The van der Waals surface area contributed by atoms with Crippen molar-refractivity contribution in [2.45, 2.75) is 18.7 Å². The Morgan fingerprint density at radius 1 is 1.20 bits per heavy atom. The van der Waals surface area contributed by atoms with E-state index in [4.69, 9.17) is 5.73 Å². The topological polar surface area (TPSA) is 26.0 Å². The molecule has 0 unspecified atom stereocenters. The molecule has 0 aliphatic carbocycles. The Morgan fingerprint density at radius 3 is 2.30 bits per heavy atom. The van der Waals surface area contributed by atoms with Crippen LogP contribution in [0.3, 0.4) is 0 Å². The summed E-state index contributed by atoms with van der Waals surface area (Å²) in [6, 6.07) is 3.92. The van der Waals surface area contributed by atoms with Gasteiger partial charge in [0.15, 0.2) is 0 Å². The SMILES string of the molecule is Cc1cc(C)c(S)cc1N. The summed E-state index contributed by atoms with van der Waals surface area (Å²) in [6.07, 6.45) is 0. The molecular weight excluding hydrogens is 142 g/mol. The molecule has 0 fully saturated rings. The number of rotatable bonds is 0. The quantitative estimate of drug-likeness (QED) is 0.433. The van der Waals surface area contributed by atoms with Crippen molar-refractivity contribution in [3.8, 4) is 0 Å². The molecule has 1 aromatic rings. The minimum Gasteiger partial charge on any atom is -0.398 e. The highest BCUT2D eigenvalue weighted by Gasteiger charge is 1.96. The number of thiol groups is 1. The number of nitrogen functional groups attached to an aromatic ring is 1. The molecule has 0 aliphatic rings. The molecule has 54 valence electrons. The minimum atomic E-state index is 0.815. The second-order valence-electron chi connectivity index (χ2n) is 2.50. The third-order valence-corrected chi connectivity index (χ3v) is 2.07. The number of anilines is 1. The van der Waals surface area contributed by atoms with Crippen molar-refractivity contribution < 1.29 is 0 Å². The maximum Gasteiger partial charge on any atom is 0.0355 e. The Bertz CT molecular complexity index is 205. The van der Waals surface area contributed by atoms with Gasteiger partial charge in [0.25, 0.3) is 0 Å². The summed E-state index contributed by atoms with van der Waals surface area (Å²) in [5.74, 6) is 0. The van der Waals surface area contributed by atoms with Crippen LogP contribution in [0.25, 0.3) is 0 Å². The number of nitrogens with two attached hydrogens (primary N) is 1. The molecule has 0 bridgehead atoms. The summed E-state index contributed by atoms with van der Waals surface area (Å²) in [6.45, 7) is 4.02. The highest BCUT2D eigenvalue weighted by molar-refractivity contribution is 7.80. The highest BCUT2D eigenvalue weighted by atomic mass is 32.1. The lowest BCUT2D eigenvalue weighted by Crippen LogP contribution is -1.90. The predicted molar refractivity (Wildman–Crippen MR) is 47.6 cm³/mol.